The Morgan fingerprint density at radius 2 is 1.94 bits per heavy atom. The third kappa shape index (κ3) is 2.98. The molecule has 0 aliphatic heterocycles. The van der Waals surface area contributed by atoms with Gasteiger partial charge in [0.2, 0.25) is 0 Å². The molecular weight excluding hydrogens is 212 g/mol. The predicted molar refractivity (Wildman–Crippen MR) is 67.8 cm³/mol. The molecule has 1 aliphatic carbocycles. The number of nitriles is 1. The minimum absolute atomic E-state index is 0.416. The average Bonchev–Trinajstić information content (AvgIpc) is 2.40. The summed E-state index contributed by atoms with van der Waals surface area (Å²) in [4.78, 5) is 0. The fourth-order valence-electron chi connectivity index (χ4n) is 2.37. The van der Waals surface area contributed by atoms with E-state index in [9.17, 15) is 0 Å². The zero-order valence-electron chi connectivity index (χ0n) is 10.1. The van der Waals surface area contributed by atoms with E-state index in [2.05, 4.69) is 11.4 Å². The van der Waals surface area contributed by atoms with Gasteiger partial charge in [0.05, 0.1) is 17.4 Å². The summed E-state index contributed by atoms with van der Waals surface area (Å²) in [7, 11) is 1.78. The molecule has 0 unspecified atom stereocenters. The lowest BCUT2D eigenvalue weighted by atomic mass is 9.92. The molecule has 0 heterocycles. The maximum atomic E-state index is 9.02. The molecule has 0 spiro atoms. The number of nitrogens with one attached hydrogen (secondary N) is 1. The van der Waals surface area contributed by atoms with Crippen LogP contribution in [-0.2, 0) is 4.74 Å². The second-order valence-electron chi connectivity index (χ2n) is 4.51. The van der Waals surface area contributed by atoms with Gasteiger partial charge in [-0.3, -0.25) is 0 Å². The van der Waals surface area contributed by atoms with Gasteiger partial charge in [0.1, 0.15) is 6.07 Å². The van der Waals surface area contributed by atoms with Crippen molar-refractivity contribution in [3.63, 3.8) is 0 Å². The van der Waals surface area contributed by atoms with Gasteiger partial charge in [-0.15, -0.1) is 0 Å². The maximum Gasteiger partial charge on any atom is 0.101 e. The summed E-state index contributed by atoms with van der Waals surface area (Å²) >= 11 is 0. The van der Waals surface area contributed by atoms with Crippen LogP contribution in [0, 0.1) is 11.3 Å². The van der Waals surface area contributed by atoms with Crippen LogP contribution in [0.2, 0.25) is 0 Å². The van der Waals surface area contributed by atoms with E-state index in [1.807, 2.05) is 24.3 Å². The molecule has 0 atom stereocenters. The van der Waals surface area contributed by atoms with Crippen molar-refractivity contribution in [1.82, 2.24) is 0 Å². The SMILES string of the molecule is COC1CCC(Nc2ccccc2C#N)CC1. The highest BCUT2D eigenvalue weighted by Gasteiger charge is 2.20. The summed E-state index contributed by atoms with van der Waals surface area (Å²) < 4.78 is 5.35. The maximum absolute atomic E-state index is 9.02. The lowest BCUT2D eigenvalue weighted by Crippen LogP contribution is -2.29. The average molecular weight is 230 g/mol. The van der Waals surface area contributed by atoms with Gasteiger partial charge in [-0.25, -0.2) is 0 Å². The number of hydrogen-bond donors (Lipinski definition) is 1. The summed E-state index contributed by atoms with van der Waals surface area (Å²) in [6, 6.07) is 10.4. The van der Waals surface area contributed by atoms with Gasteiger partial charge >= 0.3 is 0 Å². The molecule has 0 bridgehead atoms. The standard InChI is InChI=1S/C14H18N2O/c1-17-13-8-6-12(7-9-13)16-14-5-3-2-4-11(14)10-15/h2-5,12-13,16H,6-9H2,1H3. The van der Waals surface area contributed by atoms with Gasteiger partial charge in [0.25, 0.3) is 0 Å². The van der Waals surface area contributed by atoms with Crippen molar-refractivity contribution in [1.29, 1.82) is 5.26 Å². The summed E-state index contributed by atoms with van der Waals surface area (Å²) in [5.74, 6) is 0. The third-order valence-electron chi connectivity index (χ3n) is 3.41. The van der Waals surface area contributed by atoms with Gasteiger partial charge in [0.15, 0.2) is 0 Å². The quantitative estimate of drug-likeness (QED) is 0.868. The van der Waals surface area contributed by atoms with E-state index < -0.39 is 0 Å². The predicted octanol–water partition coefficient (Wildman–Crippen LogP) is 2.93. The molecule has 0 saturated heterocycles. The van der Waals surface area contributed by atoms with E-state index in [0.29, 0.717) is 12.1 Å². The van der Waals surface area contributed by atoms with Crippen LogP contribution in [0.4, 0.5) is 5.69 Å². The number of rotatable bonds is 3. The summed E-state index contributed by atoms with van der Waals surface area (Å²) in [6.45, 7) is 0. The van der Waals surface area contributed by atoms with E-state index in [0.717, 1.165) is 36.9 Å². The van der Waals surface area contributed by atoms with E-state index in [1.54, 1.807) is 7.11 Å². The molecule has 90 valence electrons. The fourth-order valence-corrected chi connectivity index (χ4v) is 2.37. The van der Waals surface area contributed by atoms with E-state index in [4.69, 9.17) is 10.00 Å². The first-order chi connectivity index (χ1) is 8.33. The molecule has 3 nitrogen and oxygen atoms in total. The van der Waals surface area contributed by atoms with Crippen LogP contribution in [-0.4, -0.2) is 19.3 Å². The number of hydrogen-bond acceptors (Lipinski definition) is 3. The Kier molecular flexibility index (Phi) is 4.00. The zero-order chi connectivity index (χ0) is 12.1. The minimum atomic E-state index is 0.416. The monoisotopic (exact) mass is 230 g/mol. The van der Waals surface area contributed by atoms with Crippen molar-refractivity contribution in [3.8, 4) is 6.07 Å². The van der Waals surface area contributed by atoms with Crippen molar-refractivity contribution in [3.05, 3.63) is 29.8 Å². The van der Waals surface area contributed by atoms with Crippen LogP contribution in [0.3, 0.4) is 0 Å². The molecule has 1 fully saturated rings. The lowest BCUT2D eigenvalue weighted by Gasteiger charge is -2.29. The highest BCUT2D eigenvalue weighted by molar-refractivity contribution is 5.57. The Morgan fingerprint density at radius 3 is 2.59 bits per heavy atom. The lowest BCUT2D eigenvalue weighted by molar-refractivity contribution is 0.0682. The van der Waals surface area contributed by atoms with Gasteiger partial charge in [-0.2, -0.15) is 5.26 Å². The number of ether oxygens (including phenoxy) is 1. The van der Waals surface area contributed by atoms with Gasteiger partial charge in [0, 0.05) is 13.2 Å². The van der Waals surface area contributed by atoms with E-state index in [-0.39, 0.29) is 0 Å². The molecule has 0 amide bonds. The first-order valence-electron chi connectivity index (χ1n) is 6.12. The molecule has 1 saturated carbocycles. The molecule has 0 radical (unpaired) electrons. The summed E-state index contributed by atoms with van der Waals surface area (Å²) in [5.41, 5.74) is 1.68. The minimum Gasteiger partial charge on any atom is -0.381 e. The van der Waals surface area contributed by atoms with Crippen LogP contribution < -0.4 is 5.32 Å². The number of para-hydroxylation sites is 1. The van der Waals surface area contributed by atoms with Crippen molar-refractivity contribution in [2.24, 2.45) is 0 Å². The molecule has 1 aromatic rings. The van der Waals surface area contributed by atoms with Gasteiger partial charge in [-0.05, 0) is 37.8 Å². The van der Waals surface area contributed by atoms with Crippen molar-refractivity contribution in [2.45, 2.75) is 37.8 Å². The third-order valence-corrected chi connectivity index (χ3v) is 3.41. The van der Waals surface area contributed by atoms with Gasteiger partial charge < -0.3 is 10.1 Å². The van der Waals surface area contributed by atoms with Gasteiger partial charge in [-0.1, -0.05) is 12.1 Å². The second kappa shape index (κ2) is 5.70. The molecule has 1 aliphatic rings. The molecule has 1 N–H and O–H groups in total. The molecule has 1 aromatic carbocycles. The molecule has 17 heavy (non-hydrogen) atoms. The Bertz CT molecular complexity index is 403. The number of methoxy groups -OCH3 is 1. The van der Waals surface area contributed by atoms with E-state index >= 15 is 0 Å². The van der Waals surface area contributed by atoms with Crippen LogP contribution in [0.25, 0.3) is 0 Å². The van der Waals surface area contributed by atoms with Crippen LogP contribution in [0.1, 0.15) is 31.2 Å². The summed E-state index contributed by atoms with van der Waals surface area (Å²) in [6.07, 6.45) is 4.83. The van der Waals surface area contributed by atoms with E-state index in [1.165, 1.54) is 0 Å². The number of benzene rings is 1. The van der Waals surface area contributed by atoms with Crippen LogP contribution in [0.5, 0.6) is 0 Å². The molecule has 3 heteroatoms. The summed E-state index contributed by atoms with van der Waals surface area (Å²) in [5, 5.41) is 12.5. The highest BCUT2D eigenvalue weighted by Crippen LogP contribution is 2.25. The normalized spacial score (nSPS) is 24.0. The Balaban J connectivity index is 1.96. The van der Waals surface area contributed by atoms with Crippen LogP contribution >= 0.6 is 0 Å². The Morgan fingerprint density at radius 1 is 1.24 bits per heavy atom. The Labute approximate surface area is 102 Å². The topological polar surface area (TPSA) is 45.0 Å². The largest absolute Gasteiger partial charge is 0.381 e. The first kappa shape index (κ1) is 11.9. The molecular formula is C14H18N2O. The molecule has 0 aromatic heterocycles. The second-order valence-corrected chi connectivity index (χ2v) is 4.51. The fraction of sp³-hybridized carbons (Fsp3) is 0.500. The van der Waals surface area contributed by atoms with Crippen molar-refractivity contribution < 1.29 is 4.74 Å². The highest BCUT2D eigenvalue weighted by atomic mass is 16.5. The first-order valence-corrected chi connectivity index (χ1v) is 6.12. The zero-order valence-corrected chi connectivity index (χ0v) is 10.1. The number of nitrogens with zero attached hydrogens (tertiary/aromatic N) is 1. The van der Waals surface area contributed by atoms with Crippen molar-refractivity contribution >= 4 is 5.69 Å². The number of anilines is 1. The molecule has 2 rings (SSSR count). The Hall–Kier alpha value is -1.53. The van der Waals surface area contributed by atoms with Crippen LogP contribution in [0.15, 0.2) is 24.3 Å². The smallest absolute Gasteiger partial charge is 0.101 e. The van der Waals surface area contributed by atoms with Crippen molar-refractivity contribution in [2.75, 3.05) is 12.4 Å².